The van der Waals surface area contributed by atoms with Gasteiger partial charge in [-0.05, 0) is 61.1 Å². The molecule has 96 valence electrons. The van der Waals surface area contributed by atoms with Gasteiger partial charge < -0.3 is 9.73 Å². The van der Waals surface area contributed by atoms with Crippen molar-refractivity contribution in [2.24, 2.45) is 0 Å². The van der Waals surface area contributed by atoms with Crippen LogP contribution in [0.25, 0.3) is 11.0 Å². The third kappa shape index (κ3) is 2.17. The number of nitrogens with one attached hydrogen (secondary N) is 1. The minimum atomic E-state index is 0.549. The van der Waals surface area contributed by atoms with E-state index in [1.165, 1.54) is 41.3 Å². The van der Waals surface area contributed by atoms with Crippen molar-refractivity contribution < 1.29 is 4.42 Å². The third-order valence-electron chi connectivity index (χ3n) is 3.82. The smallest absolute Gasteiger partial charge is 0.134 e. The highest BCUT2D eigenvalue weighted by Gasteiger charge is 2.15. The molecule has 0 unspecified atom stereocenters. The zero-order valence-corrected chi connectivity index (χ0v) is 11.3. The summed E-state index contributed by atoms with van der Waals surface area (Å²) in [4.78, 5) is 0. The van der Waals surface area contributed by atoms with Gasteiger partial charge in [-0.1, -0.05) is 13.8 Å². The summed E-state index contributed by atoms with van der Waals surface area (Å²) in [6, 6.07) is 5.15. The van der Waals surface area contributed by atoms with Crippen LogP contribution in [0.1, 0.15) is 37.0 Å². The molecule has 1 aromatic carbocycles. The predicted molar refractivity (Wildman–Crippen MR) is 75.1 cm³/mol. The molecular weight excluding hydrogens is 222 g/mol. The average Bonchev–Trinajstić information content (AvgIpc) is 2.92. The van der Waals surface area contributed by atoms with Crippen LogP contribution >= 0.6 is 0 Å². The molecule has 0 radical (unpaired) electrons. The second-order valence-electron chi connectivity index (χ2n) is 5.59. The number of aryl methyl sites for hydroxylation is 2. The van der Waals surface area contributed by atoms with Crippen molar-refractivity contribution in [3.63, 3.8) is 0 Å². The first-order valence-corrected chi connectivity index (χ1v) is 6.99. The maximum atomic E-state index is 5.70. The van der Waals surface area contributed by atoms with Crippen molar-refractivity contribution in [1.82, 2.24) is 5.32 Å². The Bertz CT molecular complexity index is 553. The molecule has 1 aliphatic rings. The highest BCUT2D eigenvalue weighted by Crippen LogP contribution is 2.30. The fourth-order valence-electron chi connectivity index (χ4n) is 2.84. The number of hydrogen-bond acceptors (Lipinski definition) is 2. The van der Waals surface area contributed by atoms with Gasteiger partial charge in [-0.15, -0.1) is 0 Å². The second kappa shape index (κ2) is 4.77. The molecule has 0 saturated heterocycles. The molecule has 3 rings (SSSR count). The van der Waals surface area contributed by atoms with Gasteiger partial charge >= 0.3 is 0 Å². The van der Waals surface area contributed by atoms with Gasteiger partial charge in [0.25, 0.3) is 0 Å². The summed E-state index contributed by atoms with van der Waals surface area (Å²) < 4.78 is 5.70. The van der Waals surface area contributed by atoms with Crippen LogP contribution in [0.3, 0.4) is 0 Å². The van der Waals surface area contributed by atoms with Crippen LogP contribution in [0, 0.1) is 0 Å². The van der Waals surface area contributed by atoms with Crippen LogP contribution in [-0.2, 0) is 19.3 Å². The van der Waals surface area contributed by atoms with E-state index >= 15 is 0 Å². The Hall–Kier alpha value is -1.28. The number of rotatable bonds is 4. The lowest BCUT2D eigenvalue weighted by atomic mass is 10.0. The first kappa shape index (κ1) is 11.8. The maximum absolute atomic E-state index is 5.70. The Labute approximate surface area is 108 Å². The lowest BCUT2D eigenvalue weighted by Crippen LogP contribution is -2.24. The van der Waals surface area contributed by atoms with Gasteiger partial charge in [-0.25, -0.2) is 0 Å². The molecule has 1 aliphatic carbocycles. The van der Waals surface area contributed by atoms with E-state index in [0.717, 1.165) is 18.5 Å². The minimum Gasteiger partial charge on any atom is -0.464 e. The SMILES string of the molecule is CC(C)NCCc1coc2cc3c(cc12)CCC3. The molecule has 0 saturated carbocycles. The average molecular weight is 243 g/mol. The quantitative estimate of drug-likeness (QED) is 0.889. The number of benzene rings is 1. The van der Waals surface area contributed by atoms with Gasteiger partial charge in [0, 0.05) is 11.4 Å². The Balaban J connectivity index is 1.85. The zero-order valence-electron chi connectivity index (χ0n) is 11.3. The standard InChI is InChI=1S/C16H21NO/c1-11(2)17-7-6-14-10-18-16-9-13-5-3-4-12(13)8-15(14)16/h8-11,17H,3-7H2,1-2H3. The summed E-state index contributed by atoms with van der Waals surface area (Å²) in [7, 11) is 0. The molecule has 0 bridgehead atoms. The van der Waals surface area contributed by atoms with Gasteiger partial charge in [0.15, 0.2) is 0 Å². The van der Waals surface area contributed by atoms with Crippen molar-refractivity contribution in [2.75, 3.05) is 6.54 Å². The van der Waals surface area contributed by atoms with E-state index in [0.29, 0.717) is 6.04 Å². The highest BCUT2D eigenvalue weighted by molar-refractivity contribution is 5.83. The van der Waals surface area contributed by atoms with Crippen LogP contribution in [0.5, 0.6) is 0 Å². The molecule has 2 aromatic rings. The molecule has 1 N–H and O–H groups in total. The Morgan fingerprint density at radius 2 is 2.00 bits per heavy atom. The van der Waals surface area contributed by atoms with Gasteiger partial charge in [0.2, 0.25) is 0 Å². The van der Waals surface area contributed by atoms with E-state index in [9.17, 15) is 0 Å². The van der Waals surface area contributed by atoms with E-state index in [2.05, 4.69) is 31.3 Å². The largest absolute Gasteiger partial charge is 0.464 e. The molecule has 18 heavy (non-hydrogen) atoms. The minimum absolute atomic E-state index is 0.549. The molecule has 1 heterocycles. The van der Waals surface area contributed by atoms with E-state index in [-0.39, 0.29) is 0 Å². The second-order valence-corrected chi connectivity index (χ2v) is 5.59. The van der Waals surface area contributed by atoms with Crippen molar-refractivity contribution in [1.29, 1.82) is 0 Å². The maximum Gasteiger partial charge on any atom is 0.134 e. The molecule has 2 nitrogen and oxygen atoms in total. The first-order chi connectivity index (χ1) is 8.74. The van der Waals surface area contributed by atoms with Gasteiger partial charge in [0.05, 0.1) is 6.26 Å². The Morgan fingerprint density at radius 1 is 1.22 bits per heavy atom. The number of hydrogen-bond donors (Lipinski definition) is 1. The number of furan rings is 1. The summed E-state index contributed by atoms with van der Waals surface area (Å²) >= 11 is 0. The molecule has 0 amide bonds. The van der Waals surface area contributed by atoms with Gasteiger partial charge in [-0.2, -0.15) is 0 Å². The van der Waals surface area contributed by atoms with Crippen molar-refractivity contribution >= 4 is 11.0 Å². The van der Waals surface area contributed by atoms with Crippen LogP contribution in [0.2, 0.25) is 0 Å². The lowest BCUT2D eigenvalue weighted by molar-refractivity contribution is 0.580. The van der Waals surface area contributed by atoms with Crippen LogP contribution < -0.4 is 5.32 Å². The molecule has 0 spiro atoms. The van der Waals surface area contributed by atoms with Crippen molar-refractivity contribution in [2.45, 2.75) is 45.6 Å². The van der Waals surface area contributed by atoms with E-state index in [1.54, 1.807) is 0 Å². The van der Waals surface area contributed by atoms with Crippen molar-refractivity contribution in [3.8, 4) is 0 Å². The molecule has 1 aromatic heterocycles. The molecular formula is C16H21NO. The molecule has 0 aliphatic heterocycles. The monoisotopic (exact) mass is 243 g/mol. The fraction of sp³-hybridized carbons (Fsp3) is 0.500. The molecule has 0 fully saturated rings. The lowest BCUT2D eigenvalue weighted by Gasteiger charge is -2.06. The fourth-order valence-corrected chi connectivity index (χ4v) is 2.84. The summed E-state index contributed by atoms with van der Waals surface area (Å²) in [6.07, 6.45) is 6.73. The van der Waals surface area contributed by atoms with Crippen LogP contribution in [-0.4, -0.2) is 12.6 Å². The Kier molecular flexibility index (Phi) is 3.13. The highest BCUT2D eigenvalue weighted by atomic mass is 16.3. The van der Waals surface area contributed by atoms with Gasteiger partial charge in [0.1, 0.15) is 5.58 Å². The van der Waals surface area contributed by atoms with E-state index in [4.69, 9.17) is 4.42 Å². The topological polar surface area (TPSA) is 25.2 Å². The zero-order chi connectivity index (χ0) is 12.5. The Morgan fingerprint density at radius 3 is 2.78 bits per heavy atom. The molecule has 0 atom stereocenters. The van der Waals surface area contributed by atoms with E-state index < -0.39 is 0 Å². The summed E-state index contributed by atoms with van der Waals surface area (Å²) in [5.41, 5.74) is 5.42. The normalized spacial score (nSPS) is 14.6. The van der Waals surface area contributed by atoms with Crippen LogP contribution in [0.15, 0.2) is 22.8 Å². The van der Waals surface area contributed by atoms with Crippen molar-refractivity contribution in [3.05, 3.63) is 35.1 Å². The predicted octanol–water partition coefficient (Wildman–Crippen LogP) is 3.46. The summed E-state index contributed by atoms with van der Waals surface area (Å²) in [6.45, 7) is 5.38. The molecule has 2 heteroatoms. The van der Waals surface area contributed by atoms with E-state index in [1.807, 2.05) is 6.26 Å². The third-order valence-corrected chi connectivity index (χ3v) is 3.82. The first-order valence-electron chi connectivity index (χ1n) is 6.99. The summed E-state index contributed by atoms with van der Waals surface area (Å²) in [5.74, 6) is 0. The number of fused-ring (bicyclic) bond motifs is 2. The van der Waals surface area contributed by atoms with Crippen LogP contribution in [0.4, 0.5) is 0 Å². The summed E-state index contributed by atoms with van der Waals surface area (Å²) in [5, 5.41) is 4.78. The van der Waals surface area contributed by atoms with Gasteiger partial charge in [-0.3, -0.25) is 0 Å².